The maximum atomic E-state index is 13.1. The number of likely N-dealkylation sites (N-methyl/N-ethyl adjacent to an activating group) is 2. The molecule has 133 heavy (non-hydrogen) atoms. The monoisotopic (exact) mass is 1880 g/mol. The van der Waals surface area contributed by atoms with Crippen LogP contribution in [-0.4, -0.2) is 170 Å². The number of alkyl halides is 9. The van der Waals surface area contributed by atoms with Crippen molar-refractivity contribution in [1.82, 2.24) is 54.7 Å². The Morgan fingerprint density at radius 1 is 0.421 bits per heavy atom. The summed E-state index contributed by atoms with van der Waals surface area (Å²) in [6.07, 6.45) is 3.31. The van der Waals surface area contributed by atoms with Crippen LogP contribution < -0.4 is 40.1 Å². The van der Waals surface area contributed by atoms with Crippen LogP contribution in [0, 0.1) is 18.8 Å². The van der Waals surface area contributed by atoms with Crippen molar-refractivity contribution in [3.63, 3.8) is 0 Å². The third kappa shape index (κ3) is 26.7. The summed E-state index contributed by atoms with van der Waals surface area (Å²) in [5.41, 5.74) is 9.11. The number of likely N-dealkylation sites (tertiary alicyclic amines) is 3. The zero-order valence-electron chi connectivity index (χ0n) is 74.4. The maximum absolute atomic E-state index is 13.1. The second-order valence-corrected chi connectivity index (χ2v) is 34.2. The number of aromatic carboxylic acids is 1. The fraction of sp³-hybridized carbons (Fsp3) is 0.282. The standard InChI is InChI=1S/C30H30N4O2.C17H12F3NO.C16H10F3NO2.C15H20N2O.C10H9NO.C8H18N2.C7H4BrF3.Li.H2O/c1-21-7-10-27(11-8-21)34-16-13-23-17-24(9-12-28(23)34)30(36)33-19-26(20-33)31-25-14-15-32(18-25)29(35)22-5-3-2-4-6-22;1-11(22)12-2-7-16-13(10-12)8-9-21(16)15-5-3-14(4-6-15)17(18,19)20;17-16(18,19)12-2-4-13(5-3-12)20-8-7-10-9-11(15(21)22)1-6-14(10)20;18-15(14-4-2-1-3-5-14)17-7-6-12(11-17)8-13-9-16-10-13;1-7(12)8-2-3-10-9(6-8)4-5-11-10;1-9-7-5-3-4-6-8(7)10-2;8-6-3-1-5(2-4-6)7(9,10)11;;/h2-13,16-17,25-26,31H,14-15,18-20H2,1H3;2-10H,1H3;1-9H,(H,21,22);1-5,12-13,16H,6-11H2;2-6,11H,1H3;7-10H,3-6H2,1-2H3;1-4H;;1H2/q;;;;;;;+1;/p-1/t25-;;;12-;;7-,8+;;;/m0..1...../s1. The van der Waals surface area contributed by atoms with Gasteiger partial charge in [-0.05, 0) is 298 Å². The van der Waals surface area contributed by atoms with Gasteiger partial charge >= 0.3 is 43.4 Å². The minimum absolute atomic E-state index is 0. The molecule has 7 N–H and O–H groups in total. The van der Waals surface area contributed by atoms with Crippen molar-refractivity contribution in [1.29, 1.82) is 0 Å². The Hall–Kier alpha value is -12.2. The molecule has 30 heteroatoms. The van der Waals surface area contributed by atoms with Gasteiger partial charge in [-0.25, -0.2) is 4.79 Å². The normalized spacial score (nSPS) is 16.5. The summed E-state index contributed by atoms with van der Waals surface area (Å²) in [4.78, 5) is 80.3. The number of aromatic amines is 1. The van der Waals surface area contributed by atoms with Crippen molar-refractivity contribution >= 4 is 94.8 Å². The topological polar surface area (TPSA) is 241 Å². The number of nitrogens with one attached hydrogen (secondary N) is 5. The average molecular weight is 1880 g/mol. The first kappa shape index (κ1) is 101. The summed E-state index contributed by atoms with van der Waals surface area (Å²) < 4.78 is 118. The average Bonchev–Trinajstić information content (AvgIpc) is 1.68. The Morgan fingerprint density at radius 3 is 1.25 bits per heavy atom. The molecule has 8 heterocycles. The van der Waals surface area contributed by atoms with E-state index in [9.17, 15) is 68.3 Å². The Morgan fingerprint density at radius 2 is 0.812 bits per heavy atom. The summed E-state index contributed by atoms with van der Waals surface area (Å²) in [5, 5.41) is 26.3. The third-order valence-corrected chi connectivity index (χ3v) is 24.7. The van der Waals surface area contributed by atoms with Gasteiger partial charge in [0.25, 0.3) is 17.7 Å². The molecule has 0 bridgehead atoms. The molecule has 19 rings (SSSR count). The molecule has 4 atom stereocenters. The molecule has 1 saturated carbocycles. The molecule has 5 aliphatic rings. The molecule has 14 aromatic rings. The molecule has 4 aromatic heterocycles. The van der Waals surface area contributed by atoms with E-state index in [0.717, 1.165) is 135 Å². The number of H-pyrrole nitrogens is 1. The second-order valence-electron chi connectivity index (χ2n) is 33.3. The summed E-state index contributed by atoms with van der Waals surface area (Å²) >= 11 is 3.04. The number of aryl methyl sites for hydroxylation is 1. The van der Waals surface area contributed by atoms with Crippen LogP contribution in [-0.2, 0) is 18.5 Å². The van der Waals surface area contributed by atoms with Crippen LogP contribution in [0.5, 0.6) is 0 Å². The van der Waals surface area contributed by atoms with E-state index in [-0.39, 0.29) is 71.3 Å². The zero-order chi connectivity index (χ0) is 93.3. The second kappa shape index (κ2) is 46.0. The summed E-state index contributed by atoms with van der Waals surface area (Å²) in [7, 11) is 4.11. The number of carboxylic acids is 1. The molecule has 4 aliphatic heterocycles. The van der Waals surface area contributed by atoms with Gasteiger partial charge in [-0.2, -0.15) is 39.5 Å². The van der Waals surface area contributed by atoms with Gasteiger partial charge in [-0.1, -0.05) is 82.9 Å². The fourth-order valence-corrected chi connectivity index (χ4v) is 17.0. The zero-order valence-corrected chi connectivity index (χ0v) is 76.0. The van der Waals surface area contributed by atoms with Crippen LogP contribution in [0.15, 0.2) is 284 Å². The maximum Gasteiger partial charge on any atom is 1.00 e. The summed E-state index contributed by atoms with van der Waals surface area (Å²) in [6, 6.07) is 73.2. The molecule has 0 spiro atoms. The number of carbonyl (C=O) groups is 6. The van der Waals surface area contributed by atoms with Crippen LogP contribution in [0.1, 0.15) is 143 Å². The molecular weight excluding hydrogens is 1780 g/mol. The van der Waals surface area contributed by atoms with Crippen molar-refractivity contribution in [3.8, 4) is 17.1 Å². The number of carboxylic acid groups (broad SMARTS) is 1. The Balaban J connectivity index is 0.000000156. The number of fused-ring (bicyclic) bond motifs is 4. The number of rotatable bonds is 15. The van der Waals surface area contributed by atoms with Gasteiger partial charge < -0.3 is 65.2 Å². The first-order chi connectivity index (χ1) is 62.7. The van der Waals surface area contributed by atoms with Crippen molar-refractivity contribution < 1.29 is 97.7 Å². The third-order valence-electron chi connectivity index (χ3n) is 24.1. The van der Waals surface area contributed by atoms with Crippen molar-refractivity contribution in [2.24, 2.45) is 11.8 Å². The van der Waals surface area contributed by atoms with E-state index in [2.05, 4.69) is 104 Å². The van der Waals surface area contributed by atoms with E-state index in [4.69, 9.17) is 5.11 Å². The van der Waals surface area contributed by atoms with Gasteiger partial charge in [0.15, 0.2) is 11.6 Å². The SMILES string of the molecule is CC(=O)c1ccc2[nH]ccc2c1.CC(=O)c1ccc2c(ccn2-c2ccc(C(F)(F)F)cc2)c1.CN[C@H]1CCCC[C@H]1NC.Cc1ccc(-n2ccc3cc(C(=O)N4CC(N[C@H]5CCN(C(=O)c6ccccc6)C5)C4)ccc32)cc1.FC(F)(F)c1ccc(Br)cc1.O=C(O)c1ccc2c(ccn2-c2ccc(C(F)(F)F)cc2)c1.O=C(c1ccccc1)N1CC[C@H](CC2CNC2)C1.[Li+].[OH-]. The molecule has 0 radical (unpaired) electrons. The molecule has 0 unspecified atom stereocenters. The van der Waals surface area contributed by atoms with Crippen molar-refractivity contribution in [2.45, 2.75) is 108 Å². The molecule has 4 saturated heterocycles. The van der Waals surface area contributed by atoms with Crippen molar-refractivity contribution in [3.05, 3.63) is 340 Å². The van der Waals surface area contributed by atoms with E-state index in [1.807, 2.05) is 130 Å². The molecule has 690 valence electrons. The van der Waals surface area contributed by atoms with Crippen LogP contribution in [0.2, 0.25) is 0 Å². The smallest absolute Gasteiger partial charge is 0.870 e. The van der Waals surface area contributed by atoms with Crippen LogP contribution in [0.3, 0.4) is 0 Å². The molecular formula is C103H104BrF9LiN11O8. The minimum atomic E-state index is -4.37. The van der Waals surface area contributed by atoms with Crippen molar-refractivity contribution in [2.75, 3.05) is 66.5 Å². The number of halogens is 10. The number of nitrogens with zero attached hydrogens (tertiary/aromatic N) is 6. The number of aromatic nitrogens is 4. The first-order valence-electron chi connectivity index (χ1n) is 43.5. The molecule has 5 fully saturated rings. The number of hydrogen-bond acceptors (Lipinski definition) is 11. The predicted octanol–water partition coefficient (Wildman–Crippen LogP) is 18.6. The number of ketones is 2. The van der Waals surface area contributed by atoms with Gasteiger partial charge in [-0.3, -0.25) is 24.0 Å². The van der Waals surface area contributed by atoms with E-state index in [1.54, 1.807) is 58.8 Å². The van der Waals surface area contributed by atoms with E-state index >= 15 is 0 Å². The molecule has 1 aliphatic carbocycles. The van der Waals surface area contributed by atoms with Gasteiger partial charge in [0.2, 0.25) is 0 Å². The largest absolute Gasteiger partial charge is 1.00 e. The molecule has 19 nitrogen and oxygen atoms in total. The van der Waals surface area contributed by atoms with Gasteiger partial charge in [-0.15, -0.1) is 0 Å². The molecule has 10 aromatic carbocycles. The van der Waals surface area contributed by atoms with Gasteiger partial charge in [0.1, 0.15) is 0 Å². The predicted molar refractivity (Wildman–Crippen MR) is 500 cm³/mol. The Labute approximate surface area is 785 Å². The van der Waals surface area contributed by atoms with Crippen LogP contribution in [0.4, 0.5) is 39.5 Å². The van der Waals surface area contributed by atoms with Gasteiger partial charge in [0.05, 0.1) is 38.8 Å². The summed E-state index contributed by atoms with van der Waals surface area (Å²) in [6.45, 7) is 12.3. The number of benzene rings is 10. The fourth-order valence-electron chi connectivity index (χ4n) is 16.7. The van der Waals surface area contributed by atoms with E-state index in [1.165, 1.54) is 113 Å². The van der Waals surface area contributed by atoms with Crippen LogP contribution >= 0.6 is 15.9 Å². The Bertz CT molecular complexity index is 6080. The summed E-state index contributed by atoms with van der Waals surface area (Å²) in [5.74, 6) is 0.991. The minimum Gasteiger partial charge on any atom is -0.870 e. The molecule has 3 amide bonds. The van der Waals surface area contributed by atoms with Gasteiger partial charge in [0, 0.05) is 165 Å². The van der Waals surface area contributed by atoms with E-state index < -0.39 is 41.2 Å². The van der Waals surface area contributed by atoms with Crippen LogP contribution in [0.25, 0.3) is 60.7 Å². The number of carbonyl (C=O) groups excluding carboxylic acids is 5. The number of amides is 3. The number of Topliss-reactive ketones (excluding diaryl/α,β-unsaturated/α-hetero) is 2. The first-order valence-corrected chi connectivity index (χ1v) is 44.2. The quantitative estimate of drug-likeness (QED) is 0.0319. The van der Waals surface area contributed by atoms with E-state index in [0.29, 0.717) is 64.4 Å². The Kier molecular flexibility index (Phi) is 35.0. The number of hydrogen-bond donors (Lipinski definition) is 6.